The first kappa shape index (κ1) is 11.3. The third-order valence-electron chi connectivity index (χ3n) is 2.61. The maximum absolute atomic E-state index is 11.7. The Morgan fingerprint density at radius 3 is 2.62 bits per heavy atom. The van der Waals surface area contributed by atoms with Crippen LogP contribution in [0.2, 0.25) is 0 Å². The summed E-state index contributed by atoms with van der Waals surface area (Å²) in [4.78, 5) is 11.7. The van der Waals surface area contributed by atoms with Crippen molar-refractivity contribution in [3.05, 3.63) is 45.8 Å². The fourth-order valence-electron chi connectivity index (χ4n) is 1.78. The standard InChI is InChI=1S/C13H15O2S/c1-9-11(8-16(2)3)10-6-4-5-7-12(10)15-13(9)14/h4-7H,8H2,1-3H3/q+1. The highest BCUT2D eigenvalue weighted by Crippen LogP contribution is 2.21. The van der Waals surface area contributed by atoms with E-state index in [1.807, 2.05) is 31.2 Å². The Labute approximate surface area is 97.6 Å². The van der Waals surface area contributed by atoms with Gasteiger partial charge in [-0.2, -0.15) is 0 Å². The zero-order valence-corrected chi connectivity index (χ0v) is 10.6. The molecule has 0 spiro atoms. The maximum Gasteiger partial charge on any atom is 0.339 e. The zero-order chi connectivity index (χ0) is 11.7. The van der Waals surface area contributed by atoms with Crippen molar-refractivity contribution < 1.29 is 4.42 Å². The minimum absolute atomic E-state index is 0.209. The van der Waals surface area contributed by atoms with Crippen LogP contribution in [0, 0.1) is 6.92 Å². The van der Waals surface area contributed by atoms with E-state index in [-0.39, 0.29) is 16.5 Å². The monoisotopic (exact) mass is 235 g/mol. The third kappa shape index (κ3) is 2.00. The lowest BCUT2D eigenvalue weighted by Crippen LogP contribution is -2.11. The minimum Gasteiger partial charge on any atom is -0.423 e. The van der Waals surface area contributed by atoms with Crippen LogP contribution in [0.15, 0.2) is 33.5 Å². The summed E-state index contributed by atoms with van der Waals surface area (Å²) < 4.78 is 5.26. The summed E-state index contributed by atoms with van der Waals surface area (Å²) in [5, 5.41) is 1.07. The van der Waals surface area contributed by atoms with E-state index in [1.165, 1.54) is 0 Å². The molecule has 2 nitrogen and oxygen atoms in total. The number of benzene rings is 1. The van der Waals surface area contributed by atoms with Crippen LogP contribution in [-0.4, -0.2) is 12.5 Å². The predicted molar refractivity (Wildman–Crippen MR) is 70.1 cm³/mol. The molecule has 3 heteroatoms. The molecular formula is C13H15O2S+. The molecule has 0 fully saturated rings. The van der Waals surface area contributed by atoms with Gasteiger partial charge in [0.15, 0.2) is 0 Å². The van der Waals surface area contributed by atoms with Crippen molar-refractivity contribution in [2.24, 2.45) is 0 Å². The van der Waals surface area contributed by atoms with Crippen molar-refractivity contribution in [1.82, 2.24) is 0 Å². The van der Waals surface area contributed by atoms with Gasteiger partial charge in [0.2, 0.25) is 0 Å². The average molecular weight is 235 g/mol. The summed E-state index contributed by atoms with van der Waals surface area (Å²) in [6.07, 6.45) is 4.37. The van der Waals surface area contributed by atoms with Gasteiger partial charge in [0.25, 0.3) is 0 Å². The normalized spacial score (nSPS) is 11.2. The summed E-state index contributed by atoms with van der Waals surface area (Å²) in [7, 11) is 0.278. The van der Waals surface area contributed by atoms with Gasteiger partial charge in [-0.3, -0.25) is 0 Å². The minimum atomic E-state index is -0.209. The smallest absolute Gasteiger partial charge is 0.339 e. The van der Waals surface area contributed by atoms with Crippen LogP contribution in [0.5, 0.6) is 0 Å². The van der Waals surface area contributed by atoms with Crippen molar-refractivity contribution in [1.29, 1.82) is 0 Å². The van der Waals surface area contributed by atoms with E-state index in [9.17, 15) is 4.79 Å². The van der Waals surface area contributed by atoms with Crippen molar-refractivity contribution in [3.8, 4) is 0 Å². The molecule has 0 N–H and O–H groups in total. The molecule has 1 aromatic carbocycles. The fraction of sp³-hybridized carbons (Fsp3) is 0.308. The topological polar surface area (TPSA) is 30.2 Å². The highest BCUT2D eigenvalue weighted by Gasteiger charge is 2.15. The molecule has 1 heterocycles. The average Bonchev–Trinajstić information content (AvgIpc) is 2.24. The molecule has 0 unspecified atom stereocenters. The van der Waals surface area contributed by atoms with Gasteiger partial charge in [0.1, 0.15) is 11.3 Å². The first-order valence-corrected chi connectivity index (χ1v) is 7.36. The molecule has 0 radical (unpaired) electrons. The summed E-state index contributed by atoms with van der Waals surface area (Å²) in [5.74, 6) is 0.942. The molecule has 16 heavy (non-hydrogen) atoms. The summed E-state index contributed by atoms with van der Waals surface area (Å²) in [6.45, 7) is 1.85. The van der Waals surface area contributed by atoms with Crippen molar-refractivity contribution >= 4 is 21.9 Å². The van der Waals surface area contributed by atoms with Crippen molar-refractivity contribution in [3.63, 3.8) is 0 Å². The third-order valence-corrected chi connectivity index (χ3v) is 3.47. The van der Waals surface area contributed by atoms with Gasteiger partial charge in [-0.15, -0.1) is 0 Å². The predicted octanol–water partition coefficient (Wildman–Crippen LogP) is 2.48. The molecule has 0 bridgehead atoms. The lowest BCUT2D eigenvalue weighted by Gasteiger charge is -2.06. The Hall–Kier alpha value is -1.22. The number of fused-ring (bicyclic) bond motifs is 1. The molecule has 1 aromatic heterocycles. The van der Waals surface area contributed by atoms with E-state index in [2.05, 4.69) is 12.5 Å². The Morgan fingerprint density at radius 1 is 1.25 bits per heavy atom. The summed E-state index contributed by atoms with van der Waals surface area (Å²) in [5.41, 5.74) is 2.37. The fourth-order valence-corrected chi connectivity index (χ4v) is 2.73. The van der Waals surface area contributed by atoms with E-state index in [0.29, 0.717) is 5.58 Å². The summed E-state index contributed by atoms with van der Waals surface area (Å²) in [6, 6.07) is 7.74. The van der Waals surface area contributed by atoms with Crippen LogP contribution in [0.1, 0.15) is 11.1 Å². The van der Waals surface area contributed by atoms with Gasteiger partial charge in [0, 0.05) is 16.5 Å². The SMILES string of the molecule is Cc1c(C[S+](C)C)c2ccccc2oc1=O. The van der Waals surface area contributed by atoms with E-state index >= 15 is 0 Å². The lowest BCUT2D eigenvalue weighted by atomic mass is 10.1. The molecule has 84 valence electrons. The molecule has 0 atom stereocenters. The Balaban J connectivity index is 2.76. The number of para-hydroxylation sites is 1. The molecule has 0 amide bonds. The van der Waals surface area contributed by atoms with Crippen LogP contribution >= 0.6 is 0 Å². The van der Waals surface area contributed by atoms with Gasteiger partial charge >= 0.3 is 5.63 Å². The van der Waals surface area contributed by atoms with Crippen LogP contribution in [0.25, 0.3) is 11.0 Å². The second-order valence-electron chi connectivity index (χ2n) is 4.12. The second kappa shape index (κ2) is 4.34. The van der Waals surface area contributed by atoms with E-state index < -0.39 is 0 Å². The van der Waals surface area contributed by atoms with E-state index in [1.54, 1.807) is 0 Å². The lowest BCUT2D eigenvalue weighted by molar-refractivity contribution is 0.553. The zero-order valence-electron chi connectivity index (χ0n) is 9.74. The highest BCUT2D eigenvalue weighted by atomic mass is 32.2. The number of hydrogen-bond acceptors (Lipinski definition) is 2. The molecular weight excluding hydrogens is 220 g/mol. The van der Waals surface area contributed by atoms with Crippen molar-refractivity contribution in [2.45, 2.75) is 12.7 Å². The van der Waals surface area contributed by atoms with Gasteiger partial charge in [-0.25, -0.2) is 4.79 Å². The largest absolute Gasteiger partial charge is 0.423 e. The van der Waals surface area contributed by atoms with E-state index in [0.717, 1.165) is 22.3 Å². The first-order chi connectivity index (χ1) is 7.59. The van der Waals surface area contributed by atoms with Crippen LogP contribution in [-0.2, 0) is 16.6 Å². The first-order valence-electron chi connectivity index (χ1n) is 5.15. The molecule has 2 aromatic rings. The molecule has 2 rings (SSSR count). The molecule has 0 aliphatic rings. The quantitative estimate of drug-likeness (QED) is 0.591. The Morgan fingerprint density at radius 2 is 1.94 bits per heavy atom. The number of rotatable bonds is 2. The second-order valence-corrected chi connectivity index (χ2v) is 6.38. The van der Waals surface area contributed by atoms with Gasteiger partial charge in [-0.05, 0) is 23.9 Å². The van der Waals surface area contributed by atoms with E-state index in [4.69, 9.17) is 4.42 Å². The molecule has 0 saturated carbocycles. The summed E-state index contributed by atoms with van der Waals surface area (Å²) >= 11 is 0. The highest BCUT2D eigenvalue weighted by molar-refractivity contribution is 7.94. The molecule has 0 aliphatic carbocycles. The number of hydrogen-bond donors (Lipinski definition) is 0. The van der Waals surface area contributed by atoms with Crippen LogP contribution < -0.4 is 5.63 Å². The maximum atomic E-state index is 11.7. The van der Waals surface area contributed by atoms with Crippen LogP contribution in [0.4, 0.5) is 0 Å². The molecule has 0 aliphatic heterocycles. The Kier molecular flexibility index (Phi) is 3.06. The van der Waals surface area contributed by atoms with Crippen LogP contribution in [0.3, 0.4) is 0 Å². The Bertz CT molecular complexity index is 570. The van der Waals surface area contributed by atoms with Gasteiger partial charge in [-0.1, -0.05) is 18.2 Å². The van der Waals surface area contributed by atoms with Gasteiger partial charge in [0.05, 0.1) is 12.5 Å². The molecule has 0 saturated heterocycles. The van der Waals surface area contributed by atoms with Gasteiger partial charge < -0.3 is 4.42 Å². The van der Waals surface area contributed by atoms with Crippen molar-refractivity contribution in [2.75, 3.05) is 12.5 Å².